The zero-order chi connectivity index (χ0) is 27.7. The molecule has 1 unspecified atom stereocenters. The smallest absolute Gasteiger partial charge is 0.243 e. The van der Waals surface area contributed by atoms with Gasteiger partial charge in [-0.25, -0.2) is 8.42 Å². The van der Waals surface area contributed by atoms with Crippen molar-refractivity contribution in [3.05, 3.63) is 64.7 Å². The van der Waals surface area contributed by atoms with Crippen LogP contribution in [0.2, 0.25) is 5.02 Å². The number of hydrogen-bond acceptors (Lipinski definition) is 4. The van der Waals surface area contributed by atoms with Gasteiger partial charge in [0.05, 0.1) is 11.9 Å². The lowest BCUT2D eigenvalue weighted by atomic mass is 9.95. The molecule has 3 rings (SSSR count). The quantitative estimate of drug-likeness (QED) is 0.373. The first-order chi connectivity index (χ1) is 18.1. The molecule has 1 atom stereocenters. The number of rotatable bonds is 12. The highest BCUT2D eigenvalue weighted by atomic mass is 35.5. The summed E-state index contributed by atoms with van der Waals surface area (Å²) < 4.78 is 26.2. The Hall–Kier alpha value is -2.58. The van der Waals surface area contributed by atoms with Crippen molar-refractivity contribution in [1.82, 2.24) is 10.2 Å². The van der Waals surface area contributed by atoms with Crippen molar-refractivity contribution in [2.45, 2.75) is 83.8 Å². The number of nitrogens with one attached hydrogen (secondary N) is 1. The van der Waals surface area contributed by atoms with Gasteiger partial charge in [0.1, 0.15) is 6.04 Å². The maximum Gasteiger partial charge on any atom is 0.243 e. The van der Waals surface area contributed by atoms with E-state index in [1.54, 1.807) is 29.2 Å². The highest BCUT2D eigenvalue weighted by Gasteiger charge is 2.30. The van der Waals surface area contributed by atoms with Gasteiger partial charge in [-0.1, -0.05) is 73.7 Å². The second-order valence-corrected chi connectivity index (χ2v) is 12.5. The van der Waals surface area contributed by atoms with Crippen molar-refractivity contribution in [1.29, 1.82) is 0 Å². The number of carbonyl (C=O) groups excluding carboxylic acids is 2. The van der Waals surface area contributed by atoms with E-state index in [1.807, 2.05) is 38.1 Å². The molecule has 208 valence electrons. The predicted octanol–water partition coefficient (Wildman–Crippen LogP) is 5.45. The summed E-state index contributed by atoms with van der Waals surface area (Å²) in [5.41, 5.74) is 2.53. The molecule has 0 saturated heterocycles. The van der Waals surface area contributed by atoms with Gasteiger partial charge < -0.3 is 10.2 Å². The Morgan fingerprint density at radius 2 is 1.76 bits per heavy atom. The number of amides is 2. The maximum atomic E-state index is 13.6. The summed E-state index contributed by atoms with van der Waals surface area (Å²) in [6, 6.07) is 14.2. The van der Waals surface area contributed by atoms with Gasteiger partial charge in [-0.3, -0.25) is 13.9 Å². The Morgan fingerprint density at radius 3 is 2.37 bits per heavy atom. The van der Waals surface area contributed by atoms with Crippen LogP contribution in [0.25, 0.3) is 0 Å². The molecule has 0 spiro atoms. The van der Waals surface area contributed by atoms with Crippen LogP contribution in [-0.2, 0) is 26.2 Å². The molecule has 9 heteroatoms. The number of benzene rings is 2. The van der Waals surface area contributed by atoms with Crippen molar-refractivity contribution in [2.75, 3.05) is 17.1 Å². The topological polar surface area (TPSA) is 86.8 Å². The molecular formula is C29H40ClN3O4S. The van der Waals surface area contributed by atoms with Crippen LogP contribution in [0, 0.1) is 6.92 Å². The Kier molecular flexibility index (Phi) is 11.0. The summed E-state index contributed by atoms with van der Waals surface area (Å²) >= 11 is 6.08. The van der Waals surface area contributed by atoms with E-state index in [-0.39, 0.29) is 30.8 Å². The van der Waals surface area contributed by atoms with Gasteiger partial charge >= 0.3 is 0 Å². The van der Waals surface area contributed by atoms with Gasteiger partial charge in [0.2, 0.25) is 21.8 Å². The monoisotopic (exact) mass is 561 g/mol. The minimum Gasteiger partial charge on any atom is -0.352 e. The fraction of sp³-hybridized carbons (Fsp3) is 0.517. The van der Waals surface area contributed by atoms with Crippen LogP contribution in [0.15, 0.2) is 48.5 Å². The number of sulfonamides is 1. The van der Waals surface area contributed by atoms with Gasteiger partial charge in [-0.15, -0.1) is 0 Å². The molecule has 0 radical (unpaired) electrons. The van der Waals surface area contributed by atoms with Gasteiger partial charge in [0, 0.05) is 30.6 Å². The molecule has 1 fully saturated rings. The zero-order valence-electron chi connectivity index (χ0n) is 22.7. The average Bonchev–Trinajstić information content (AvgIpc) is 2.87. The molecule has 7 nitrogen and oxygen atoms in total. The molecule has 1 N–H and O–H groups in total. The number of aryl methyl sites for hydroxylation is 1. The lowest BCUT2D eigenvalue weighted by Gasteiger charge is -2.33. The molecule has 1 saturated carbocycles. The Bertz CT molecular complexity index is 1180. The Morgan fingerprint density at radius 1 is 1.08 bits per heavy atom. The molecule has 0 bridgehead atoms. The molecule has 1 aliphatic rings. The third kappa shape index (κ3) is 8.73. The van der Waals surface area contributed by atoms with E-state index in [4.69, 9.17) is 11.6 Å². The van der Waals surface area contributed by atoms with E-state index in [2.05, 4.69) is 5.32 Å². The molecular weight excluding hydrogens is 522 g/mol. The number of nitrogens with zero attached hydrogens (tertiary/aromatic N) is 2. The lowest BCUT2D eigenvalue weighted by molar-refractivity contribution is -0.141. The van der Waals surface area contributed by atoms with Crippen molar-refractivity contribution in [3.8, 4) is 0 Å². The van der Waals surface area contributed by atoms with Crippen molar-refractivity contribution >= 4 is 39.1 Å². The fourth-order valence-electron chi connectivity index (χ4n) is 4.99. The molecule has 2 aromatic rings. The number of carbonyl (C=O) groups is 2. The third-order valence-electron chi connectivity index (χ3n) is 7.06. The molecule has 38 heavy (non-hydrogen) atoms. The molecule has 0 aromatic heterocycles. The maximum absolute atomic E-state index is 13.6. The van der Waals surface area contributed by atoms with Crippen LogP contribution in [0.5, 0.6) is 0 Å². The van der Waals surface area contributed by atoms with Crippen molar-refractivity contribution < 1.29 is 18.0 Å². The summed E-state index contributed by atoms with van der Waals surface area (Å²) in [4.78, 5) is 28.6. The highest BCUT2D eigenvalue weighted by molar-refractivity contribution is 7.92. The predicted molar refractivity (Wildman–Crippen MR) is 154 cm³/mol. The van der Waals surface area contributed by atoms with E-state index in [0.717, 1.165) is 43.1 Å². The summed E-state index contributed by atoms with van der Waals surface area (Å²) in [7, 11) is -3.57. The minimum absolute atomic E-state index is 0.114. The van der Waals surface area contributed by atoms with Crippen LogP contribution >= 0.6 is 11.6 Å². The second-order valence-electron chi connectivity index (χ2n) is 10.2. The summed E-state index contributed by atoms with van der Waals surface area (Å²) in [5.74, 6) is -0.285. The minimum atomic E-state index is -3.57. The van der Waals surface area contributed by atoms with Crippen LogP contribution in [0.1, 0.15) is 69.4 Å². The Labute approximate surface area is 232 Å². The zero-order valence-corrected chi connectivity index (χ0v) is 24.2. The largest absolute Gasteiger partial charge is 0.352 e. The molecule has 2 amide bonds. The first kappa shape index (κ1) is 30.0. The molecule has 0 aliphatic heterocycles. The van der Waals surface area contributed by atoms with Crippen molar-refractivity contribution in [2.24, 2.45) is 0 Å². The van der Waals surface area contributed by atoms with E-state index in [9.17, 15) is 18.0 Å². The first-order valence-corrected chi connectivity index (χ1v) is 15.7. The molecule has 1 aliphatic carbocycles. The normalized spacial score (nSPS) is 15.1. The number of hydrogen-bond donors (Lipinski definition) is 1. The standard InChI is InChI=1S/C29H40ClN3O4S/c1-4-27(29(35)31-25-11-6-5-7-12-25)32(21-23-17-15-22(2)16-18-23)28(34)14-9-19-33(38(3,36)37)26-13-8-10-24(30)20-26/h8,10,13,15-18,20,25,27H,4-7,9,11-12,14,19,21H2,1-3H3,(H,31,35). The van der Waals surface area contributed by atoms with Gasteiger partial charge in [-0.05, 0) is 56.4 Å². The van der Waals surface area contributed by atoms with Crippen molar-refractivity contribution in [3.63, 3.8) is 0 Å². The van der Waals surface area contributed by atoms with Crippen LogP contribution in [-0.4, -0.2) is 50.0 Å². The van der Waals surface area contributed by atoms with Gasteiger partial charge in [0.25, 0.3) is 0 Å². The van der Waals surface area contributed by atoms with Crippen LogP contribution < -0.4 is 9.62 Å². The van der Waals surface area contributed by atoms with E-state index >= 15 is 0 Å². The summed E-state index contributed by atoms with van der Waals surface area (Å²) in [5, 5.41) is 3.62. The summed E-state index contributed by atoms with van der Waals surface area (Å²) in [6.07, 6.45) is 7.42. The first-order valence-electron chi connectivity index (χ1n) is 13.5. The molecule has 0 heterocycles. The van der Waals surface area contributed by atoms with Gasteiger partial charge in [0.15, 0.2) is 0 Å². The summed E-state index contributed by atoms with van der Waals surface area (Å²) in [6.45, 7) is 4.38. The number of halogens is 1. The van der Waals surface area contributed by atoms with Crippen LogP contribution in [0.3, 0.4) is 0 Å². The average molecular weight is 562 g/mol. The van der Waals surface area contributed by atoms with E-state index in [1.165, 1.54) is 10.7 Å². The highest BCUT2D eigenvalue weighted by Crippen LogP contribution is 2.23. The lowest BCUT2D eigenvalue weighted by Crippen LogP contribution is -2.51. The Balaban J connectivity index is 1.75. The van der Waals surface area contributed by atoms with Gasteiger partial charge in [-0.2, -0.15) is 0 Å². The second kappa shape index (κ2) is 14.0. The SMILES string of the molecule is CCC(C(=O)NC1CCCCC1)N(Cc1ccc(C)cc1)C(=O)CCCN(c1cccc(Cl)c1)S(C)(=O)=O. The van der Waals surface area contributed by atoms with E-state index in [0.29, 0.717) is 30.1 Å². The number of anilines is 1. The van der Waals surface area contributed by atoms with E-state index < -0.39 is 16.1 Å². The fourth-order valence-corrected chi connectivity index (χ4v) is 6.13. The van der Waals surface area contributed by atoms with Crippen LogP contribution in [0.4, 0.5) is 5.69 Å². The third-order valence-corrected chi connectivity index (χ3v) is 8.49. The molecule has 2 aromatic carbocycles.